The van der Waals surface area contributed by atoms with Gasteiger partial charge >= 0.3 is 0 Å². The molecule has 1 atom stereocenters. The maximum absolute atomic E-state index is 13.4. The summed E-state index contributed by atoms with van der Waals surface area (Å²) in [6.07, 6.45) is 7.91. The number of aromatic nitrogens is 3. The van der Waals surface area contributed by atoms with Crippen molar-refractivity contribution in [2.24, 2.45) is 5.92 Å². The highest BCUT2D eigenvalue weighted by molar-refractivity contribution is 5.95. The molecule has 0 unspecified atom stereocenters. The fraction of sp³-hybridized carbons (Fsp3) is 0.231. The van der Waals surface area contributed by atoms with Gasteiger partial charge in [-0.05, 0) is 47.7 Å². The van der Waals surface area contributed by atoms with E-state index in [1.54, 1.807) is 18.5 Å². The van der Waals surface area contributed by atoms with Gasteiger partial charge in [0.15, 0.2) is 0 Å². The number of pyridine rings is 1. The molecular weight excluding hydrogens is 414 g/mol. The molecule has 166 valence electrons. The number of nitrogens with zero attached hydrogens (tertiary/aromatic N) is 4. The topological polar surface area (TPSA) is 80.2 Å². The Hall–Kier alpha value is -3.84. The molecule has 5 rings (SSSR count). The zero-order chi connectivity index (χ0) is 22.5. The zero-order valence-electron chi connectivity index (χ0n) is 18.2. The minimum absolute atomic E-state index is 0.00252. The van der Waals surface area contributed by atoms with E-state index < -0.39 is 0 Å². The van der Waals surface area contributed by atoms with Gasteiger partial charge in [-0.25, -0.2) is 9.97 Å². The van der Waals surface area contributed by atoms with Gasteiger partial charge in [-0.1, -0.05) is 24.3 Å². The van der Waals surface area contributed by atoms with Crippen LogP contribution >= 0.6 is 0 Å². The molecular formula is C26H25N5O2. The van der Waals surface area contributed by atoms with Gasteiger partial charge in [-0.3, -0.25) is 9.78 Å². The Labute approximate surface area is 192 Å². The third-order valence-corrected chi connectivity index (χ3v) is 5.84. The molecule has 2 aromatic heterocycles. The normalized spacial score (nSPS) is 16.4. The predicted octanol–water partition coefficient (Wildman–Crippen LogP) is 4.10. The van der Waals surface area contributed by atoms with Crippen LogP contribution in [0.5, 0.6) is 0 Å². The number of nitrogens with one attached hydrogen (secondary N) is 1. The summed E-state index contributed by atoms with van der Waals surface area (Å²) in [6.45, 7) is 2.39. The number of benzene rings is 2. The Morgan fingerprint density at radius 1 is 1.06 bits per heavy atom. The highest BCUT2D eigenvalue weighted by Gasteiger charge is 2.24. The fourth-order valence-electron chi connectivity index (χ4n) is 4.26. The molecule has 7 nitrogen and oxygen atoms in total. The minimum atomic E-state index is 0.00252. The van der Waals surface area contributed by atoms with Gasteiger partial charge in [-0.2, -0.15) is 0 Å². The summed E-state index contributed by atoms with van der Waals surface area (Å²) >= 11 is 0. The second kappa shape index (κ2) is 9.75. The second-order valence-electron chi connectivity index (χ2n) is 8.19. The van der Waals surface area contributed by atoms with E-state index in [2.05, 4.69) is 38.5 Å². The number of amides is 1. The van der Waals surface area contributed by atoms with Crippen molar-refractivity contribution in [3.05, 3.63) is 90.5 Å². The van der Waals surface area contributed by atoms with Crippen molar-refractivity contribution in [3.8, 4) is 0 Å². The van der Waals surface area contributed by atoms with Gasteiger partial charge in [0.05, 0.1) is 13.2 Å². The average molecular weight is 440 g/mol. The number of hydrogen-bond donors (Lipinski definition) is 1. The van der Waals surface area contributed by atoms with Crippen LogP contribution in [0.25, 0.3) is 10.8 Å². The van der Waals surface area contributed by atoms with E-state index in [4.69, 9.17) is 4.74 Å². The van der Waals surface area contributed by atoms with Gasteiger partial charge in [0, 0.05) is 60.4 Å². The molecule has 7 heteroatoms. The van der Waals surface area contributed by atoms with Crippen LogP contribution in [0.3, 0.4) is 0 Å². The molecule has 1 fully saturated rings. The number of carbonyl (C=O) groups is 1. The van der Waals surface area contributed by atoms with Crippen LogP contribution < -0.4 is 5.32 Å². The van der Waals surface area contributed by atoms with E-state index in [0.29, 0.717) is 37.8 Å². The summed E-state index contributed by atoms with van der Waals surface area (Å²) in [7, 11) is 0. The van der Waals surface area contributed by atoms with Gasteiger partial charge in [0.25, 0.3) is 5.91 Å². The molecule has 33 heavy (non-hydrogen) atoms. The molecule has 0 aliphatic carbocycles. The Kier molecular flexibility index (Phi) is 6.21. The first-order valence-electron chi connectivity index (χ1n) is 11.1. The van der Waals surface area contributed by atoms with Crippen molar-refractivity contribution < 1.29 is 9.53 Å². The lowest BCUT2D eigenvalue weighted by atomic mass is 9.95. The quantitative estimate of drug-likeness (QED) is 0.504. The molecule has 0 radical (unpaired) electrons. The van der Waals surface area contributed by atoms with Crippen LogP contribution in [0, 0.1) is 5.92 Å². The number of hydrogen-bond acceptors (Lipinski definition) is 6. The van der Waals surface area contributed by atoms with Crippen LogP contribution in [-0.4, -0.2) is 52.1 Å². The SMILES string of the molecule is O=C(c1cccc(Nc2ncccn2)c1)N1CCOC[C@H](Cc2cccc3ccncc23)C1. The van der Waals surface area contributed by atoms with Crippen molar-refractivity contribution >= 4 is 28.3 Å². The van der Waals surface area contributed by atoms with Gasteiger partial charge in [0.1, 0.15) is 0 Å². The molecule has 1 aliphatic heterocycles. The number of anilines is 2. The smallest absolute Gasteiger partial charge is 0.254 e. The first kappa shape index (κ1) is 21.0. The first-order chi connectivity index (χ1) is 16.3. The van der Waals surface area contributed by atoms with Crippen LogP contribution in [0.4, 0.5) is 11.6 Å². The van der Waals surface area contributed by atoms with Crippen molar-refractivity contribution in [1.29, 1.82) is 0 Å². The van der Waals surface area contributed by atoms with Crippen molar-refractivity contribution in [3.63, 3.8) is 0 Å². The van der Waals surface area contributed by atoms with E-state index in [9.17, 15) is 4.79 Å². The summed E-state index contributed by atoms with van der Waals surface area (Å²) < 4.78 is 5.87. The van der Waals surface area contributed by atoms with Crippen LogP contribution in [0.2, 0.25) is 0 Å². The predicted molar refractivity (Wildman–Crippen MR) is 127 cm³/mol. The molecule has 4 aromatic rings. The highest BCUT2D eigenvalue weighted by atomic mass is 16.5. The van der Waals surface area contributed by atoms with Gasteiger partial charge < -0.3 is 15.0 Å². The molecule has 2 aromatic carbocycles. The van der Waals surface area contributed by atoms with Crippen molar-refractivity contribution in [2.75, 3.05) is 31.6 Å². The third-order valence-electron chi connectivity index (χ3n) is 5.84. The molecule has 1 aliphatic rings. The summed E-state index contributed by atoms with van der Waals surface area (Å²) in [5, 5.41) is 5.48. The van der Waals surface area contributed by atoms with E-state index in [1.165, 1.54) is 10.9 Å². The summed E-state index contributed by atoms with van der Waals surface area (Å²) in [5.41, 5.74) is 2.64. The Balaban J connectivity index is 1.32. The summed E-state index contributed by atoms with van der Waals surface area (Å²) in [5.74, 6) is 0.707. The van der Waals surface area contributed by atoms with E-state index in [0.717, 1.165) is 17.5 Å². The molecule has 3 heterocycles. The molecule has 0 bridgehead atoms. The summed E-state index contributed by atoms with van der Waals surface area (Å²) in [4.78, 5) is 27.9. The van der Waals surface area contributed by atoms with Crippen molar-refractivity contribution in [1.82, 2.24) is 19.9 Å². The van der Waals surface area contributed by atoms with Gasteiger partial charge in [-0.15, -0.1) is 0 Å². The molecule has 0 spiro atoms. The standard InChI is InChI=1S/C26H25N5O2/c32-25(22-6-2-7-23(15-22)30-26-28-9-3-10-29-26)31-12-13-33-18-19(17-31)14-21-5-1-4-20-8-11-27-16-24(20)21/h1-11,15-16,19H,12-14,17-18H2,(H,28,29,30)/t19-/m1/s1. The lowest BCUT2D eigenvalue weighted by Gasteiger charge is -2.24. The number of rotatable bonds is 5. The number of fused-ring (bicyclic) bond motifs is 1. The number of carbonyl (C=O) groups excluding carboxylic acids is 1. The van der Waals surface area contributed by atoms with Gasteiger partial charge in [0.2, 0.25) is 5.95 Å². The molecule has 1 amide bonds. The second-order valence-corrected chi connectivity index (χ2v) is 8.19. The fourth-order valence-corrected chi connectivity index (χ4v) is 4.26. The Bertz CT molecular complexity index is 1240. The largest absolute Gasteiger partial charge is 0.379 e. The van der Waals surface area contributed by atoms with Crippen LogP contribution in [-0.2, 0) is 11.2 Å². The Morgan fingerprint density at radius 2 is 1.94 bits per heavy atom. The maximum atomic E-state index is 13.4. The molecule has 1 saturated heterocycles. The van der Waals surface area contributed by atoms with Crippen LogP contribution in [0.15, 0.2) is 79.4 Å². The van der Waals surface area contributed by atoms with E-state index >= 15 is 0 Å². The molecule has 1 N–H and O–H groups in total. The Morgan fingerprint density at radius 3 is 2.85 bits per heavy atom. The monoisotopic (exact) mass is 439 g/mol. The van der Waals surface area contributed by atoms with E-state index in [1.807, 2.05) is 47.6 Å². The number of ether oxygens (including phenoxy) is 1. The minimum Gasteiger partial charge on any atom is -0.379 e. The molecule has 0 saturated carbocycles. The third kappa shape index (κ3) is 4.99. The summed E-state index contributed by atoms with van der Waals surface area (Å²) in [6, 6.07) is 17.6. The lowest BCUT2D eigenvalue weighted by Crippen LogP contribution is -2.36. The average Bonchev–Trinajstić information content (AvgIpc) is 3.10. The first-order valence-corrected chi connectivity index (χ1v) is 11.1. The van der Waals surface area contributed by atoms with Crippen molar-refractivity contribution in [2.45, 2.75) is 6.42 Å². The maximum Gasteiger partial charge on any atom is 0.254 e. The highest BCUT2D eigenvalue weighted by Crippen LogP contribution is 2.23. The van der Waals surface area contributed by atoms with E-state index in [-0.39, 0.29) is 11.8 Å². The lowest BCUT2D eigenvalue weighted by molar-refractivity contribution is 0.0737. The zero-order valence-corrected chi connectivity index (χ0v) is 18.2. The van der Waals surface area contributed by atoms with Crippen LogP contribution in [0.1, 0.15) is 15.9 Å².